The van der Waals surface area contributed by atoms with Crippen molar-refractivity contribution in [3.8, 4) is 0 Å². The van der Waals surface area contributed by atoms with E-state index in [0.717, 1.165) is 22.1 Å². The molecule has 5 rings (SSSR count). The summed E-state index contributed by atoms with van der Waals surface area (Å²) in [6.07, 6.45) is 0. The summed E-state index contributed by atoms with van der Waals surface area (Å²) in [5.41, 5.74) is 6.42. The Morgan fingerprint density at radius 3 is 1.92 bits per heavy atom. The number of hydrogen-bond donors (Lipinski definition) is 0. The summed E-state index contributed by atoms with van der Waals surface area (Å²) in [6, 6.07) is 21.1. The summed E-state index contributed by atoms with van der Waals surface area (Å²) in [4.78, 5) is 9.93. The smallest absolute Gasteiger partial charge is 0.0979 e. The van der Waals surface area contributed by atoms with Crippen molar-refractivity contribution >= 4 is 43.6 Å². The minimum absolute atomic E-state index is 0.943. The van der Waals surface area contributed by atoms with Gasteiger partial charge >= 0.3 is 0 Å². The zero-order valence-electron chi connectivity index (χ0n) is 13.7. The molecule has 2 nitrogen and oxygen atoms in total. The number of rotatable bonds is 0. The molecule has 0 bridgehead atoms. The molecule has 0 radical (unpaired) electrons. The van der Waals surface area contributed by atoms with Gasteiger partial charge in [-0.2, -0.15) is 0 Å². The van der Waals surface area contributed by atoms with Gasteiger partial charge in [0.1, 0.15) is 0 Å². The molecule has 0 aliphatic heterocycles. The van der Waals surface area contributed by atoms with E-state index in [-0.39, 0.29) is 0 Å². The van der Waals surface area contributed by atoms with Crippen LogP contribution >= 0.6 is 0 Å². The Bertz CT molecular complexity index is 1270. The summed E-state index contributed by atoms with van der Waals surface area (Å²) < 4.78 is 0. The molecular formula is C22H16N2. The Hall–Kier alpha value is -3.00. The van der Waals surface area contributed by atoms with Crippen molar-refractivity contribution in [2.45, 2.75) is 13.8 Å². The average Bonchev–Trinajstić information content (AvgIpc) is 2.60. The molecule has 0 aliphatic carbocycles. The highest BCUT2D eigenvalue weighted by Gasteiger charge is 2.13. The largest absolute Gasteiger partial charge is 0.244 e. The zero-order chi connectivity index (χ0) is 16.3. The standard InChI is InChI=1S/C22H16N2/c1-13-11-14(2)20-15-7-3-4-8-16(15)21-22(17(20)12-13)24-19-10-6-5-9-18(19)23-21/h3-12H,1-2H3. The zero-order valence-corrected chi connectivity index (χ0v) is 13.7. The number of para-hydroxylation sites is 2. The highest BCUT2D eigenvalue weighted by Crippen LogP contribution is 2.36. The van der Waals surface area contributed by atoms with E-state index in [2.05, 4.69) is 50.2 Å². The Morgan fingerprint density at radius 2 is 1.21 bits per heavy atom. The van der Waals surface area contributed by atoms with E-state index < -0.39 is 0 Å². The lowest BCUT2D eigenvalue weighted by molar-refractivity contribution is 1.40. The second-order valence-corrected chi connectivity index (χ2v) is 6.46. The van der Waals surface area contributed by atoms with Crippen LogP contribution in [0.5, 0.6) is 0 Å². The van der Waals surface area contributed by atoms with E-state index >= 15 is 0 Å². The van der Waals surface area contributed by atoms with E-state index in [4.69, 9.17) is 9.97 Å². The van der Waals surface area contributed by atoms with Crippen molar-refractivity contribution < 1.29 is 0 Å². The van der Waals surface area contributed by atoms with Gasteiger partial charge in [-0.3, -0.25) is 0 Å². The lowest BCUT2D eigenvalue weighted by Crippen LogP contribution is -1.93. The van der Waals surface area contributed by atoms with E-state index in [0.29, 0.717) is 0 Å². The van der Waals surface area contributed by atoms with Crippen LogP contribution in [0.2, 0.25) is 0 Å². The SMILES string of the molecule is Cc1cc(C)c2c3ccccc3c3nc4ccccc4nc3c2c1. The fourth-order valence-corrected chi connectivity index (χ4v) is 3.80. The first-order valence-electron chi connectivity index (χ1n) is 8.20. The van der Waals surface area contributed by atoms with Crippen molar-refractivity contribution in [3.05, 3.63) is 71.8 Å². The molecule has 0 unspecified atom stereocenters. The van der Waals surface area contributed by atoms with Gasteiger partial charge in [0.05, 0.1) is 22.1 Å². The number of aromatic nitrogens is 2. The highest BCUT2D eigenvalue weighted by atomic mass is 14.8. The Kier molecular flexibility index (Phi) is 2.66. The lowest BCUT2D eigenvalue weighted by atomic mass is 9.94. The number of aryl methyl sites for hydroxylation is 2. The third kappa shape index (κ3) is 1.77. The van der Waals surface area contributed by atoms with Gasteiger partial charge in [-0.15, -0.1) is 0 Å². The topological polar surface area (TPSA) is 25.8 Å². The van der Waals surface area contributed by atoms with Crippen LogP contribution in [0.15, 0.2) is 60.7 Å². The van der Waals surface area contributed by atoms with Gasteiger partial charge in [0, 0.05) is 10.8 Å². The monoisotopic (exact) mass is 308 g/mol. The fourth-order valence-electron chi connectivity index (χ4n) is 3.80. The first-order valence-corrected chi connectivity index (χ1v) is 8.20. The molecule has 1 heterocycles. The summed E-state index contributed by atoms with van der Waals surface area (Å²) in [5.74, 6) is 0. The second kappa shape index (κ2) is 4.75. The molecule has 0 saturated heterocycles. The van der Waals surface area contributed by atoms with Gasteiger partial charge in [0.25, 0.3) is 0 Å². The quantitative estimate of drug-likeness (QED) is 0.270. The third-order valence-corrected chi connectivity index (χ3v) is 4.76. The summed E-state index contributed by atoms with van der Waals surface area (Å²) in [5, 5.41) is 4.90. The van der Waals surface area contributed by atoms with Crippen LogP contribution in [-0.4, -0.2) is 9.97 Å². The molecule has 0 saturated carbocycles. The predicted molar refractivity (Wildman–Crippen MR) is 102 cm³/mol. The molecule has 0 atom stereocenters. The highest BCUT2D eigenvalue weighted by molar-refractivity contribution is 6.24. The van der Waals surface area contributed by atoms with Crippen LogP contribution in [0.1, 0.15) is 11.1 Å². The van der Waals surface area contributed by atoms with Gasteiger partial charge in [-0.25, -0.2) is 9.97 Å². The second-order valence-electron chi connectivity index (χ2n) is 6.46. The molecule has 1 aromatic heterocycles. The molecule has 0 aliphatic rings. The molecule has 5 aromatic rings. The molecule has 2 heteroatoms. The number of hydrogen-bond acceptors (Lipinski definition) is 2. The van der Waals surface area contributed by atoms with Gasteiger partial charge in [-0.05, 0) is 48.4 Å². The first kappa shape index (κ1) is 13.4. The average molecular weight is 308 g/mol. The van der Waals surface area contributed by atoms with Crippen LogP contribution in [0.4, 0.5) is 0 Å². The van der Waals surface area contributed by atoms with Crippen molar-refractivity contribution in [3.63, 3.8) is 0 Å². The summed E-state index contributed by atoms with van der Waals surface area (Å²) >= 11 is 0. The third-order valence-electron chi connectivity index (χ3n) is 4.76. The minimum atomic E-state index is 0.943. The van der Waals surface area contributed by atoms with Crippen LogP contribution in [-0.2, 0) is 0 Å². The normalized spacial score (nSPS) is 11.8. The Morgan fingerprint density at radius 1 is 0.625 bits per heavy atom. The maximum absolute atomic E-state index is 4.98. The number of nitrogens with zero attached hydrogens (tertiary/aromatic N) is 2. The maximum atomic E-state index is 4.98. The van der Waals surface area contributed by atoms with E-state index in [9.17, 15) is 0 Å². The molecule has 114 valence electrons. The van der Waals surface area contributed by atoms with Gasteiger partial charge in [0.15, 0.2) is 0 Å². The van der Waals surface area contributed by atoms with Crippen LogP contribution in [0.25, 0.3) is 43.6 Å². The van der Waals surface area contributed by atoms with Crippen LogP contribution < -0.4 is 0 Å². The van der Waals surface area contributed by atoms with Gasteiger partial charge in [-0.1, -0.05) is 48.0 Å². The predicted octanol–water partition coefficient (Wildman–Crippen LogP) is 5.71. The fraction of sp³-hybridized carbons (Fsp3) is 0.0909. The van der Waals surface area contributed by atoms with Crippen molar-refractivity contribution in [2.75, 3.05) is 0 Å². The summed E-state index contributed by atoms with van der Waals surface area (Å²) in [7, 11) is 0. The molecule has 0 amide bonds. The van der Waals surface area contributed by atoms with E-state index in [1.165, 1.54) is 32.7 Å². The molecule has 0 spiro atoms. The molecule has 0 N–H and O–H groups in total. The summed E-state index contributed by atoms with van der Waals surface area (Å²) in [6.45, 7) is 4.32. The van der Waals surface area contributed by atoms with Crippen molar-refractivity contribution in [1.82, 2.24) is 9.97 Å². The Balaban J connectivity index is 2.18. The number of fused-ring (bicyclic) bond motifs is 7. The minimum Gasteiger partial charge on any atom is -0.244 e. The number of benzene rings is 4. The molecular weight excluding hydrogens is 292 g/mol. The van der Waals surface area contributed by atoms with Crippen LogP contribution in [0.3, 0.4) is 0 Å². The lowest BCUT2D eigenvalue weighted by Gasteiger charge is -2.13. The molecule has 4 aromatic carbocycles. The maximum Gasteiger partial charge on any atom is 0.0979 e. The van der Waals surface area contributed by atoms with Crippen molar-refractivity contribution in [2.24, 2.45) is 0 Å². The van der Waals surface area contributed by atoms with E-state index in [1.54, 1.807) is 0 Å². The first-order chi connectivity index (χ1) is 11.7. The molecule has 24 heavy (non-hydrogen) atoms. The van der Waals surface area contributed by atoms with E-state index in [1.807, 2.05) is 24.3 Å². The Labute approximate surface area is 139 Å². The molecule has 0 fully saturated rings. The van der Waals surface area contributed by atoms with Gasteiger partial charge < -0.3 is 0 Å². The van der Waals surface area contributed by atoms with Crippen molar-refractivity contribution in [1.29, 1.82) is 0 Å². The van der Waals surface area contributed by atoms with Crippen LogP contribution in [0, 0.1) is 13.8 Å². The van der Waals surface area contributed by atoms with Gasteiger partial charge in [0.2, 0.25) is 0 Å².